The third-order valence-corrected chi connectivity index (χ3v) is 5.07. The molecule has 0 aliphatic heterocycles. The zero-order valence-corrected chi connectivity index (χ0v) is 13.2. The van der Waals surface area contributed by atoms with Gasteiger partial charge >= 0.3 is 0 Å². The number of aliphatic hydroxyl groups is 1. The summed E-state index contributed by atoms with van der Waals surface area (Å²) in [6, 6.07) is 10.6. The van der Waals surface area contributed by atoms with Crippen molar-refractivity contribution in [2.75, 3.05) is 6.61 Å². The topological polar surface area (TPSA) is 20.2 Å². The first kappa shape index (κ1) is 15.2. The number of thioether (sulfide) groups is 1. The Bertz CT molecular complexity index is 605. The number of benzene rings is 1. The molecule has 2 aromatic rings. The lowest BCUT2D eigenvalue weighted by molar-refractivity contribution is 0.305. The highest BCUT2D eigenvalue weighted by molar-refractivity contribution is 7.97. The minimum Gasteiger partial charge on any atom is -0.395 e. The van der Waals surface area contributed by atoms with Crippen molar-refractivity contribution >= 4 is 23.1 Å². The van der Waals surface area contributed by atoms with Crippen LogP contribution in [0, 0.1) is 18.8 Å². The van der Waals surface area contributed by atoms with Crippen molar-refractivity contribution in [2.24, 2.45) is 0 Å². The first-order valence-electron chi connectivity index (χ1n) is 6.59. The van der Waals surface area contributed by atoms with Crippen LogP contribution in [0.3, 0.4) is 0 Å². The number of aryl methyl sites for hydroxylation is 1. The van der Waals surface area contributed by atoms with Crippen LogP contribution in [0.25, 0.3) is 0 Å². The Morgan fingerprint density at radius 1 is 1.20 bits per heavy atom. The molecule has 104 valence electrons. The predicted octanol–water partition coefficient (Wildman–Crippen LogP) is 4.22. The maximum absolute atomic E-state index is 8.75. The van der Waals surface area contributed by atoms with E-state index < -0.39 is 0 Å². The molecule has 1 aromatic carbocycles. The summed E-state index contributed by atoms with van der Waals surface area (Å²) >= 11 is 3.69. The molecule has 1 aromatic heterocycles. The van der Waals surface area contributed by atoms with Crippen molar-refractivity contribution in [2.45, 2.75) is 24.9 Å². The van der Waals surface area contributed by atoms with E-state index in [2.05, 4.69) is 54.5 Å². The van der Waals surface area contributed by atoms with E-state index in [9.17, 15) is 0 Å². The Balaban J connectivity index is 1.91. The Morgan fingerprint density at radius 3 is 2.85 bits per heavy atom. The van der Waals surface area contributed by atoms with Crippen LogP contribution in [-0.4, -0.2) is 11.7 Å². The number of rotatable bonds is 5. The lowest BCUT2D eigenvalue weighted by atomic mass is 10.1. The predicted molar refractivity (Wildman–Crippen MR) is 89.1 cm³/mol. The van der Waals surface area contributed by atoms with Crippen LogP contribution >= 0.6 is 23.1 Å². The van der Waals surface area contributed by atoms with E-state index in [1.54, 1.807) is 11.3 Å². The molecule has 0 aliphatic carbocycles. The molecule has 3 heteroatoms. The van der Waals surface area contributed by atoms with Crippen LogP contribution in [0.1, 0.15) is 28.0 Å². The average molecular weight is 302 g/mol. The van der Waals surface area contributed by atoms with Gasteiger partial charge in [-0.1, -0.05) is 36.1 Å². The molecule has 1 nitrogen and oxygen atoms in total. The fraction of sp³-hybridized carbons (Fsp3) is 0.294. The molecule has 0 saturated carbocycles. The number of hydrogen-bond acceptors (Lipinski definition) is 3. The van der Waals surface area contributed by atoms with Crippen LogP contribution < -0.4 is 0 Å². The second-order valence-corrected chi connectivity index (χ2v) is 6.44. The molecule has 0 fully saturated rings. The minimum absolute atomic E-state index is 0.133. The molecule has 0 spiro atoms. The molecule has 0 bridgehead atoms. The van der Waals surface area contributed by atoms with Gasteiger partial charge in [0.2, 0.25) is 0 Å². The lowest BCUT2D eigenvalue weighted by Crippen LogP contribution is -1.87. The first-order chi connectivity index (χ1) is 9.81. The van der Waals surface area contributed by atoms with Crippen LogP contribution in [0.5, 0.6) is 0 Å². The van der Waals surface area contributed by atoms with E-state index in [0.717, 1.165) is 17.1 Å². The van der Waals surface area contributed by atoms with Gasteiger partial charge in [0.1, 0.15) is 0 Å². The molecule has 1 N–H and O–H groups in total. The molecule has 2 rings (SSSR count). The van der Waals surface area contributed by atoms with Crippen molar-refractivity contribution in [3.05, 3.63) is 57.3 Å². The summed E-state index contributed by atoms with van der Waals surface area (Å²) in [6.07, 6.45) is 0.547. The van der Waals surface area contributed by atoms with Crippen molar-refractivity contribution in [1.29, 1.82) is 0 Å². The highest BCUT2D eigenvalue weighted by atomic mass is 32.2. The Labute approximate surface area is 129 Å². The second kappa shape index (κ2) is 8.16. The number of hydrogen-bond donors (Lipinski definition) is 1. The van der Waals surface area contributed by atoms with Crippen LogP contribution in [-0.2, 0) is 11.5 Å². The number of thiophene rings is 1. The fourth-order valence-corrected chi connectivity index (χ4v) is 3.93. The fourth-order valence-electron chi connectivity index (χ4n) is 1.80. The normalized spacial score (nSPS) is 10.1. The van der Waals surface area contributed by atoms with Gasteiger partial charge in [0.25, 0.3) is 0 Å². The van der Waals surface area contributed by atoms with Crippen LogP contribution in [0.2, 0.25) is 0 Å². The first-order valence-corrected chi connectivity index (χ1v) is 8.63. The highest BCUT2D eigenvalue weighted by Gasteiger charge is 2.03. The van der Waals surface area contributed by atoms with Gasteiger partial charge in [-0.2, -0.15) is 11.8 Å². The third kappa shape index (κ3) is 4.42. The maximum Gasteiger partial charge on any atom is 0.0540 e. The van der Waals surface area contributed by atoms with E-state index in [1.807, 2.05) is 11.8 Å². The van der Waals surface area contributed by atoms with Gasteiger partial charge in [-0.05, 0) is 29.5 Å². The van der Waals surface area contributed by atoms with E-state index in [0.29, 0.717) is 6.42 Å². The van der Waals surface area contributed by atoms with Gasteiger partial charge in [-0.25, -0.2) is 0 Å². The van der Waals surface area contributed by atoms with E-state index in [-0.39, 0.29) is 6.61 Å². The summed E-state index contributed by atoms with van der Waals surface area (Å²) in [6.45, 7) is 2.29. The van der Waals surface area contributed by atoms with Crippen LogP contribution in [0.15, 0.2) is 35.7 Å². The smallest absolute Gasteiger partial charge is 0.0540 e. The second-order valence-electron chi connectivity index (χ2n) is 4.45. The van der Waals surface area contributed by atoms with Crippen LogP contribution in [0.4, 0.5) is 0 Å². The molecule has 0 unspecified atom stereocenters. The standard InChI is InChI=1S/C17H18OS2/c1-14-6-2-3-8-16(14)12-19-13-17-15(9-11-20-17)7-4-5-10-18/h2-3,6,8-9,11,18H,5,10,12-13H2,1H3. The van der Waals surface area contributed by atoms with Crippen molar-refractivity contribution in [3.8, 4) is 11.8 Å². The van der Waals surface area contributed by atoms with Gasteiger partial charge in [-0.15, -0.1) is 11.3 Å². The molecule has 20 heavy (non-hydrogen) atoms. The Morgan fingerprint density at radius 2 is 2.05 bits per heavy atom. The zero-order valence-electron chi connectivity index (χ0n) is 11.6. The van der Waals surface area contributed by atoms with Gasteiger partial charge < -0.3 is 5.11 Å². The molecule has 0 radical (unpaired) electrons. The Kier molecular flexibility index (Phi) is 6.20. The summed E-state index contributed by atoms with van der Waals surface area (Å²) in [5.41, 5.74) is 3.87. The van der Waals surface area contributed by atoms with E-state index in [4.69, 9.17) is 5.11 Å². The summed E-state index contributed by atoms with van der Waals surface area (Å²) in [5, 5.41) is 10.8. The van der Waals surface area contributed by atoms with E-state index >= 15 is 0 Å². The maximum atomic E-state index is 8.75. The molecule has 0 amide bonds. The average Bonchev–Trinajstić information content (AvgIpc) is 2.89. The molecule has 0 saturated heterocycles. The van der Waals surface area contributed by atoms with Gasteiger partial charge in [0, 0.05) is 28.4 Å². The molecule has 1 heterocycles. The zero-order chi connectivity index (χ0) is 14.2. The van der Waals surface area contributed by atoms with Gasteiger partial charge in [0.15, 0.2) is 0 Å². The largest absolute Gasteiger partial charge is 0.395 e. The van der Waals surface area contributed by atoms with Crippen molar-refractivity contribution < 1.29 is 5.11 Å². The summed E-state index contributed by atoms with van der Waals surface area (Å²) < 4.78 is 0. The SMILES string of the molecule is Cc1ccccc1CSCc1sccc1C#CCCO. The summed E-state index contributed by atoms with van der Waals surface area (Å²) in [7, 11) is 0. The van der Waals surface area contributed by atoms with Crippen molar-refractivity contribution in [3.63, 3.8) is 0 Å². The van der Waals surface area contributed by atoms with Gasteiger partial charge in [0.05, 0.1) is 6.61 Å². The van der Waals surface area contributed by atoms with E-state index in [1.165, 1.54) is 16.0 Å². The summed E-state index contributed by atoms with van der Waals surface area (Å²) in [4.78, 5) is 1.33. The molecular formula is C17H18OS2. The monoisotopic (exact) mass is 302 g/mol. The summed E-state index contributed by atoms with van der Waals surface area (Å²) in [5.74, 6) is 8.16. The molecule has 0 atom stereocenters. The van der Waals surface area contributed by atoms with Gasteiger partial charge in [-0.3, -0.25) is 0 Å². The molecule has 0 aliphatic rings. The highest BCUT2D eigenvalue weighted by Crippen LogP contribution is 2.25. The number of aliphatic hydroxyl groups excluding tert-OH is 1. The minimum atomic E-state index is 0.133. The van der Waals surface area contributed by atoms with Crippen molar-refractivity contribution in [1.82, 2.24) is 0 Å². The lowest BCUT2D eigenvalue weighted by Gasteiger charge is -2.04. The Hall–Kier alpha value is -1.21. The quantitative estimate of drug-likeness (QED) is 0.834. The molecular weight excluding hydrogens is 284 g/mol. The third-order valence-electron chi connectivity index (χ3n) is 2.96.